The fraction of sp³-hybridized carbons (Fsp3) is 0.0690. The van der Waals surface area contributed by atoms with Crippen LogP contribution < -0.4 is 40.6 Å². The second-order valence-corrected chi connectivity index (χ2v) is 17.3. The molecule has 0 atom stereocenters. The van der Waals surface area contributed by atoms with Crippen molar-refractivity contribution in [2.45, 2.75) is 26.2 Å². The van der Waals surface area contributed by atoms with Crippen molar-refractivity contribution in [2.24, 2.45) is 0 Å². The molecule has 3 heterocycles. The Morgan fingerprint density at radius 1 is 0.484 bits per heavy atom. The molecule has 0 radical (unpaired) electrons. The Labute approximate surface area is 375 Å². The summed E-state index contributed by atoms with van der Waals surface area (Å²) in [4.78, 5) is 6.94. The first kappa shape index (κ1) is 37.6. The van der Waals surface area contributed by atoms with Gasteiger partial charge in [-0.05, 0) is 103 Å². The zero-order chi connectivity index (χ0) is 42.9. The molecular weight excluding hydrogens is 781 g/mol. The maximum Gasteiger partial charge on any atom is 0.257 e. The molecule has 9 aromatic carbocycles. The van der Waals surface area contributed by atoms with Crippen molar-refractivity contribution in [3.05, 3.63) is 229 Å². The molecule has 0 saturated carbocycles. The fourth-order valence-corrected chi connectivity index (χ4v) is 9.96. The van der Waals surface area contributed by atoms with Crippen LogP contribution in [-0.2, 0) is 5.41 Å². The van der Waals surface area contributed by atoms with Crippen molar-refractivity contribution in [1.82, 2.24) is 0 Å². The van der Waals surface area contributed by atoms with Gasteiger partial charge in [-0.3, -0.25) is 0 Å². The molecule has 0 amide bonds. The van der Waals surface area contributed by atoms with Crippen molar-refractivity contribution in [1.29, 1.82) is 0 Å². The van der Waals surface area contributed by atoms with Crippen LogP contribution in [0.15, 0.2) is 200 Å². The van der Waals surface area contributed by atoms with Crippen LogP contribution in [0.2, 0.25) is 0 Å². The van der Waals surface area contributed by atoms with Crippen LogP contribution in [0, 0.1) is 19.1 Å². The van der Waals surface area contributed by atoms with E-state index in [0.717, 1.165) is 90.7 Å². The zero-order valence-corrected chi connectivity index (χ0v) is 35.8. The van der Waals surface area contributed by atoms with E-state index in [1.165, 1.54) is 16.6 Å². The number of rotatable bonds is 7. The highest BCUT2D eigenvalue weighted by atomic mass is 16.5. The molecular formula is C58H42BN3O2. The highest BCUT2D eigenvalue weighted by Crippen LogP contribution is 2.50. The van der Waals surface area contributed by atoms with Gasteiger partial charge in [0.15, 0.2) is 0 Å². The molecule has 0 unspecified atom stereocenters. The van der Waals surface area contributed by atoms with Gasteiger partial charge in [-0.25, -0.2) is 0 Å². The number of nitrogens with zero attached hydrogens (tertiary/aromatic N) is 3. The molecule has 0 spiro atoms. The van der Waals surface area contributed by atoms with Crippen LogP contribution in [0.4, 0.5) is 51.2 Å². The molecule has 0 fully saturated rings. The first-order chi connectivity index (χ1) is 31.4. The monoisotopic (exact) mass is 823 g/mol. The SMILES string of the molecule is Cc1ccc(N2c3c#ccc4c3B(c3ccc(N(c5ccccc5)c5ccc6c(c5)Oc5ccccc5C6(C)C)cc3O4)c3ccc(N(c4ccccc4)c4ccccc4)cc32)cc1. The van der Waals surface area contributed by atoms with Crippen molar-refractivity contribution in [3.8, 4) is 23.0 Å². The molecule has 12 rings (SSSR count). The Morgan fingerprint density at radius 2 is 1.02 bits per heavy atom. The predicted molar refractivity (Wildman–Crippen MR) is 263 cm³/mol. The second kappa shape index (κ2) is 14.8. The summed E-state index contributed by atoms with van der Waals surface area (Å²) in [6.07, 6.45) is 0. The lowest BCUT2D eigenvalue weighted by Crippen LogP contribution is -2.59. The van der Waals surface area contributed by atoms with Gasteiger partial charge in [0.05, 0.1) is 5.69 Å². The van der Waals surface area contributed by atoms with Gasteiger partial charge < -0.3 is 24.2 Å². The van der Waals surface area contributed by atoms with Crippen molar-refractivity contribution in [2.75, 3.05) is 14.7 Å². The van der Waals surface area contributed by atoms with Crippen LogP contribution in [0.5, 0.6) is 23.0 Å². The van der Waals surface area contributed by atoms with Gasteiger partial charge >= 0.3 is 0 Å². The van der Waals surface area contributed by atoms with Gasteiger partial charge in [0.25, 0.3) is 6.71 Å². The lowest BCUT2D eigenvalue weighted by atomic mass is 9.34. The quantitative estimate of drug-likeness (QED) is 0.149. The van der Waals surface area contributed by atoms with E-state index in [4.69, 9.17) is 9.47 Å². The van der Waals surface area contributed by atoms with Crippen LogP contribution >= 0.6 is 0 Å². The zero-order valence-electron chi connectivity index (χ0n) is 35.8. The summed E-state index contributed by atoms with van der Waals surface area (Å²) in [7, 11) is 0. The first-order valence-electron chi connectivity index (χ1n) is 21.9. The number of para-hydroxylation sites is 4. The van der Waals surface area contributed by atoms with Gasteiger partial charge in [0, 0.05) is 85.7 Å². The van der Waals surface area contributed by atoms with Gasteiger partial charge in [-0.2, -0.15) is 0 Å². The smallest absolute Gasteiger partial charge is 0.257 e. The van der Waals surface area contributed by atoms with Gasteiger partial charge in [-0.15, -0.1) is 0 Å². The largest absolute Gasteiger partial charge is 0.458 e. The predicted octanol–water partition coefficient (Wildman–Crippen LogP) is 13.4. The van der Waals surface area contributed by atoms with E-state index < -0.39 is 0 Å². The maximum absolute atomic E-state index is 7.00. The number of benzene rings is 8. The fourth-order valence-electron chi connectivity index (χ4n) is 9.96. The molecule has 6 heteroatoms. The van der Waals surface area contributed by atoms with E-state index in [0.29, 0.717) is 0 Å². The van der Waals surface area contributed by atoms with Gasteiger partial charge in [0.2, 0.25) is 0 Å². The van der Waals surface area contributed by atoms with E-state index in [1.54, 1.807) is 0 Å². The third kappa shape index (κ3) is 6.04. The molecule has 304 valence electrons. The molecule has 0 saturated heterocycles. The summed E-state index contributed by atoms with van der Waals surface area (Å²) in [5.41, 5.74) is 16.0. The average molecular weight is 824 g/mol. The average Bonchev–Trinajstić information content (AvgIpc) is 3.33. The third-order valence-electron chi connectivity index (χ3n) is 13.0. The summed E-state index contributed by atoms with van der Waals surface area (Å²) >= 11 is 0. The van der Waals surface area contributed by atoms with Crippen LogP contribution in [0.3, 0.4) is 0 Å². The van der Waals surface area contributed by atoms with E-state index in [1.807, 2.05) is 12.1 Å². The van der Waals surface area contributed by atoms with Gasteiger partial charge in [0.1, 0.15) is 23.0 Å². The van der Waals surface area contributed by atoms with Crippen LogP contribution in [0.1, 0.15) is 30.5 Å². The topological polar surface area (TPSA) is 28.2 Å². The lowest BCUT2D eigenvalue weighted by Gasteiger charge is -2.39. The van der Waals surface area contributed by atoms with E-state index in [2.05, 4.69) is 236 Å². The van der Waals surface area contributed by atoms with E-state index in [-0.39, 0.29) is 12.1 Å². The number of hydrogen-bond acceptors (Lipinski definition) is 5. The molecule has 3 aliphatic heterocycles. The molecule has 64 heavy (non-hydrogen) atoms. The molecule has 5 nitrogen and oxygen atoms in total. The summed E-state index contributed by atoms with van der Waals surface area (Å²) < 4.78 is 13.6. The second-order valence-electron chi connectivity index (χ2n) is 17.3. The summed E-state index contributed by atoms with van der Waals surface area (Å²) in [6.45, 7) is 6.55. The number of ether oxygens (including phenoxy) is 2. The van der Waals surface area contributed by atoms with Crippen LogP contribution in [-0.4, -0.2) is 6.71 Å². The summed E-state index contributed by atoms with van der Waals surface area (Å²) in [5, 5.41) is 0. The Balaban J connectivity index is 1.01. The lowest BCUT2D eigenvalue weighted by molar-refractivity contribution is 0.418. The molecule has 0 N–H and O–H groups in total. The minimum atomic E-state index is -0.214. The Hall–Kier alpha value is -8.14. The molecule has 9 aromatic rings. The normalized spacial score (nSPS) is 13.4. The first-order valence-corrected chi connectivity index (χ1v) is 21.9. The van der Waals surface area contributed by atoms with Crippen molar-refractivity contribution in [3.63, 3.8) is 0 Å². The van der Waals surface area contributed by atoms with E-state index >= 15 is 0 Å². The van der Waals surface area contributed by atoms with Gasteiger partial charge in [-0.1, -0.05) is 129 Å². The Bertz CT molecular complexity index is 3190. The highest BCUT2D eigenvalue weighted by molar-refractivity contribution is 6.99. The molecule has 0 aliphatic carbocycles. The number of fused-ring (bicyclic) bond motifs is 6. The molecule has 0 aromatic heterocycles. The van der Waals surface area contributed by atoms with Crippen molar-refractivity contribution < 1.29 is 9.47 Å². The Kier molecular flexibility index (Phi) is 8.67. The number of aryl methyl sites for hydroxylation is 1. The van der Waals surface area contributed by atoms with Crippen molar-refractivity contribution >= 4 is 74.3 Å². The molecule has 0 bridgehead atoms. The summed E-state index contributed by atoms with van der Waals surface area (Å²) in [6, 6.07) is 77.8. The summed E-state index contributed by atoms with van der Waals surface area (Å²) in [5.74, 6) is 3.34. The standard InChI is InChI=1S/C58H42BN3O2/c1-39-26-28-43(29-27-39)62-51-23-15-25-54-57(51)59(49-34-31-44(36-52(49)62)60(40-16-7-4-8-17-40)41-18-9-5-10-19-41)50-35-32-46(38-56(50)64-54)61(42-20-11-6-12-21-42)45-30-33-48-55(37-45)63-53-24-14-13-22-47(53)58(48,2)3/h4-14,16-22,24-38H,1-3H3. The van der Waals surface area contributed by atoms with Crippen LogP contribution in [0.25, 0.3) is 0 Å². The highest BCUT2D eigenvalue weighted by Gasteiger charge is 2.43. The third-order valence-corrected chi connectivity index (χ3v) is 13.0. The number of hydrogen-bond donors (Lipinski definition) is 0. The number of anilines is 9. The van der Waals surface area contributed by atoms with E-state index in [9.17, 15) is 0 Å². The molecule has 3 aliphatic rings. The minimum Gasteiger partial charge on any atom is -0.458 e. The minimum absolute atomic E-state index is 0.120. The maximum atomic E-state index is 7.00. The Morgan fingerprint density at radius 3 is 1.69 bits per heavy atom.